The molecule has 0 amide bonds. The highest BCUT2D eigenvalue weighted by atomic mass is 16.4. The molecular formula is C43H65NO7. The smallest absolute Gasteiger partial charge is 0.303 e. The number of phenolic OH excluding ortho intramolecular Hbond substituents is 1. The molecule has 5 unspecified atom stereocenters. The summed E-state index contributed by atoms with van der Waals surface area (Å²) in [6.07, 6.45) is 14.1. The van der Waals surface area contributed by atoms with Gasteiger partial charge in [-0.2, -0.15) is 0 Å². The number of phenols is 1. The Morgan fingerprint density at radius 3 is 2.45 bits per heavy atom. The molecule has 284 valence electrons. The number of hydrogen-bond donors (Lipinski definition) is 7. The van der Waals surface area contributed by atoms with Crippen LogP contribution in [0.5, 0.6) is 5.75 Å². The topological polar surface area (TPSA) is 150 Å². The molecule has 0 aromatic heterocycles. The van der Waals surface area contributed by atoms with Crippen LogP contribution in [-0.2, 0) is 30.5 Å². The van der Waals surface area contributed by atoms with Gasteiger partial charge < -0.3 is 36.0 Å². The lowest BCUT2D eigenvalue weighted by Gasteiger charge is -2.36. The second-order valence-electron chi connectivity index (χ2n) is 14.9. The highest BCUT2D eigenvalue weighted by molar-refractivity contribution is 5.66. The number of carboxylic acids is 1. The van der Waals surface area contributed by atoms with Gasteiger partial charge in [-0.1, -0.05) is 88.4 Å². The molecule has 3 rings (SSSR count). The van der Waals surface area contributed by atoms with Crippen molar-refractivity contribution < 1.29 is 35.4 Å². The molecule has 2 aromatic carbocycles. The fraction of sp³-hybridized carbons (Fsp3) is 0.605. The normalized spacial score (nSPS) is 19.4. The number of aliphatic hydroxyl groups excluding tert-OH is 3. The fourth-order valence-electron chi connectivity index (χ4n) is 7.58. The molecule has 1 aliphatic rings. The van der Waals surface area contributed by atoms with Crippen LogP contribution in [0.15, 0.2) is 65.8 Å². The molecule has 0 aliphatic heterocycles. The van der Waals surface area contributed by atoms with Crippen molar-refractivity contribution in [2.45, 2.75) is 147 Å². The summed E-state index contributed by atoms with van der Waals surface area (Å²) >= 11 is 0. The zero-order chi connectivity index (χ0) is 37.2. The van der Waals surface area contributed by atoms with Gasteiger partial charge in [0.2, 0.25) is 0 Å². The van der Waals surface area contributed by atoms with E-state index < -0.39 is 23.8 Å². The van der Waals surface area contributed by atoms with Gasteiger partial charge >= 0.3 is 5.97 Å². The second kappa shape index (κ2) is 22.1. The molecule has 0 spiro atoms. The van der Waals surface area contributed by atoms with Crippen LogP contribution in [0.25, 0.3) is 0 Å². The van der Waals surface area contributed by atoms with Crippen LogP contribution in [0.1, 0.15) is 120 Å². The molecule has 1 aliphatic carbocycles. The summed E-state index contributed by atoms with van der Waals surface area (Å²) in [5.41, 5.74) is 5.82. The number of rotatable bonds is 21. The van der Waals surface area contributed by atoms with Crippen LogP contribution in [0.2, 0.25) is 0 Å². The molecule has 0 bridgehead atoms. The lowest BCUT2D eigenvalue weighted by atomic mass is 9.77. The number of nitrogens with one attached hydrogen (secondary N) is 1. The van der Waals surface area contributed by atoms with Crippen molar-refractivity contribution >= 4 is 5.97 Å². The molecule has 8 heteroatoms. The first-order valence-corrected chi connectivity index (χ1v) is 19.4. The van der Waals surface area contributed by atoms with Crippen molar-refractivity contribution in [1.82, 2.24) is 5.32 Å². The third-order valence-electron chi connectivity index (χ3n) is 10.4. The van der Waals surface area contributed by atoms with Crippen LogP contribution in [0.4, 0.5) is 0 Å². The molecule has 0 heterocycles. The van der Waals surface area contributed by atoms with E-state index in [1.54, 1.807) is 19.1 Å². The number of allylic oxidation sites excluding steroid dienone is 2. The van der Waals surface area contributed by atoms with E-state index in [9.17, 15) is 35.4 Å². The molecule has 8 nitrogen and oxygen atoms in total. The maximum absolute atomic E-state index is 11.7. The minimum absolute atomic E-state index is 0.0916. The number of hydrogen-bond acceptors (Lipinski definition) is 7. The molecule has 0 fully saturated rings. The number of aliphatic hydroxyl groups is 4. The van der Waals surface area contributed by atoms with E-state index in [2.05, 4.69) is 37.4 Å². The molecular weight excluding hydrogens is 642 g/mol. The summed E-state index contributed by atoms with van der Waals surface area (Å²) in [6, 6.07) is 13.2. The SMILES string of the molecule is CCCCCC(O)C=CC1=C(CC(O)CO)C(NCC(C)(O)Cc2ccc(O)cc2)C(CCCCCC(=O)O)CCc2c(CC)cccc2CC1. The average Bonchev–Trinajstić information content (AvgIpc) is 3.10. The van der Waals surface area contributed by atoms with Gasteiger partial charge in [0.15, 0.2) is 0 Å². The van der Waals surface area contributed by atoms with Gasteiger partial charge in [0.1, 0.15) is 5.75 Å². The Hall–Kier alpha value is -3.01. The fourth-order valence-corrected chi connectivity index (χ4v) is 7.58. The zero-order valence-electron chi connectivity index (χ0n) is 31.3. The highest BCUT2D eigenvalue weighted by Crippen LogP contribution is 2.34. The zero-order valence-corrected chi connectivity index (χ0v) is 31.3. The molecule has 5 atom stereocenters. The Bertz CT molecular complexity index is 1380. The van der Waals surface area contributed by atoms with Crippen molar-refractivity contribution in [3.8, 4) is 5.75 Å². The van der Waals surface area contributed by atoms with Gasteiger partial charge in [-0.25, -0.2) is 0 Å². The van der Waals surface area contributed by atoms with Gasteiger partial charge in [0.25, 0.3) is 0 Å². The first-order valence-electron chi connectivity index (χ1n) is 19.4. The average molecular weight is 708 g/mol. The van der Waals surface area contributed by atoms with Crippen molar-refractivity contribution in [2.75, 3.05) is 13.2 Å². The lowest BCUT2D eigenvalue weighted by molar-refractivity contribution is -0.137. The van der Waals surface area contributed by atoms with Gasteiger partial charge in [0.05, 0.1) is 24.4 Å². The maximum Gasteiger partial charge on any atom is 0.303 e. The quantitative estimate of drug-likeness (QED) is 0.0688. The lowest BCUT2D eigenvalue weighted by Crippen LogP contribution is -2.48. The molecule has 0 saturated carbocycles. The number of aliphatic carboxylic acids is 1. The van der Waals surface area contributed by atoms with E-state index in [0.29, 0.717) is 25.7 Å². The predicted molar refractivity (Wildman–Crippen MR) is 205 cm³/mol. The number of carboxylic acid groups (broad SMARTS) is 1. The number of benzene rings is 2. The predicted octanol–water partition coefficient (Wildman–Crippen LogP) is 6.97. The van der Waals surface area contributed by atoms with E-state index in [1.165, 1.54) is 16.7 Å². The Kier molecular flexibility index (Phi) is 18.4. The Morgan fingerprint density at radius 2 is 1.76 bits per heavy atom. The van der Waals surface area contributed by atoms with Crippen LogP contribution in [0, 0.1) is 5.92 Å². The Morgan fingerprint density at radius 1 is 1.00 bits per heavy atom. The van der Waals surface area contributed by atoms with E-state index in [4.69, 9.17) is 0 Å². The second-order valence-corrected chi connectivity index (χ2v) is 14.9. The summed E-state index contributed by atoms with van der Waals surface area (Å²) in [5, 5.41) is 66.5. The third kappa shape index (κ3) is 14.9. The molecule has 0 saturated heterocycles. The van der Waals surface area contributed by atoms with Crippen LogP contribution in [-0.4, -0.2) is 73.6 Å². The van der Waals surface area contributed by atoms with E-state index in [0.717, 1.165) is 80.9 Å². The first kappa shape index (κ1) is 42.4. The number of fused-ring (bicyclic) bond motifs is 1. The number of aromatic hydroxyl groups is 1. The van der Waals surface area contributed by atoms with Gasteiger partial charge in [-0.3, -0.25) is 4.79 Å². The Labute approximate surface area is 306 Å². The number of aryl methyl sites for hydroxylation is 2. The molecule has 0 radical (unpaired) electrons. The maximum atomic E-state index is 11.7. The minimum Gasteiger partial charge on any atom is -0.508 e. The van der Waals surface area contributed by atoms with Crippen LogP contribution < -0.4 is 5.32 Å². The van der Waals surface area contributed by atoms with Gasteiger partial charge in [0, 0.05) is 25.4 Å². The monoisotopic (exact) mass is 707 g/mol. The third-order valence-corrected chi connectivity index (χ3v) is 10.4. The number of carbonyl (C=O) groups is 1. The van der Waals surface area contributed by atoms with E-state index >= 15 is 0 Å². The molecule has 51 heavy (non-hydrogen) atoms. The van der Waals surface area contributed by atoms with Crippen molar-refractivity contribution in [1.29, 1.82) is 0 Å². The first-order chi connectivity index (χ1) is 24.5. The van der Waals surface area contributed by atoms with Gasteiger partial charge in [-0.05, 0) is 116 Å². The summed E-state index contributed by atoms with van der Waals surface area (Å²) in [7, 11) is 0. The van der Waals surface area contributed by atoms with Crippen LogP contribution in [0.3, 0.4) is 0 Å². The minimum atomic E-state index is -1.13. The van der Waals surface area contributed by atoms with Crippen molar-refractivity contribution in [2.24, 2.45) is 5.92 Å². The highest BCUT2D eigenvalue weighted by Gasteiger charge is 2.32. The molecule has 2 aromatic rings. The van der Waals surface area contributed by atoms with E-state index in [1.807, 2.05) is 24.3 Å². The van der Waals surface area contributed by atoms with Crippen molar-refractivity contribution in [3.05, 3.63) is 88.0 Å². The van der Waals surface area contributed by atoms with E-state index in [-0.39, 0.29) is 43.7 Å². The summed E-state index contributed by atoms with van der Waals surface area (Å²) in [4.78, 5) is 11.2. The standard InChI is InChI=1S/C43H65NO7/c1-4-6-8-15-36(46)25-21-34-20-19-33-14-11-13-32(5-2)39(33)26-22-35(12-9-7-10-16-41(49)50)42(40(34)27-38(48)29-45)44-30-43(3,51)28-31-17-23-37(47)24-18-31/h11,13-14,17-18,21,23-25,35-36,38,42,44-48,51H,4-10,12,15-16,19-20,22,26-30H2,1-3H3,(H,49,50). The summed E-state index contributed by atoms with van der Waals surface area (Å²) in [6.45, 7) is 6.02. The van der Waals surface area contributed by atoms with Gasteiger partial charge in [-0.15, -0.1) is 0 Å². The summed E-state index contributed by atoms with van der Waals surface area (Å²) in [5.74, 6) is -0.524. The summed E-state index contributed by atoms with van der Waals surface area (Å²) < 4.78 is 0. The van der Waals surface area contributed by atoms with Crippen molar-refractivity contribution in [3.63, 3.8) is 0 Å². The Balaban J connectivity index is 2.11. The largest absolute Gasteiger partial charge is 0.508 e. The number of unbranched alkanes of at least 4 members (excludes halogenated alkanes) is 4. The van der Waals surface area contributed by atoms with Crippen LogP contribution >= 0.6 is 0 Å². The molecule has 7 N–H and O–H groups in total.